The Morgan fingerprint density at radius 2 is 2.04 bits per heavy atom. The summed E-state index contributed by atoms with van der Waals surface area (Å²) < 4.78 is 1.13. The molecule has 2 rings (SSSR count). The van der Waals surface area contributed by atoms with E-state index in [0.29, 0.717) is 12.0 Å². The highest BCUT2D eigenvalue weighted by Crippen LogP contribution is 2.27. The molecule has 1 unspecified atom stereocenters. The molecule has 1 aromatic carbocycles. The van der Waals surface area contributed by atoms with Gasteiger partial charge in [-0.05, 0) is 12.0 Å². The first kappa shape index (κ1) is 18.1. The minimum Gasteiger partial charge on any atom is -0.481 e. The zero-order chi connectivity index (χ0) is 18.4. The maximum atomic E-state index is 12.1. The molecule has 2 N–H and O–H groups in total. The molecule has 0 aliphatic heterocycles. The van der Waals surface area contributed by atoms with Crippen LogP contribution in [0.4, 0.5) is 5.69 Å². The molecule has 1 aromatic heterocycles. The molecule has 0 saturated heterocycles. The largest absolute Gasteiger partial charge is 0.481 e. The number of benzene rings is 1. The molecule has 0 saturated carbocycles. The summed E-state index contributed by atoms with van der Waals surface area (Å²) in [7, 11) is 0. The normalized spacial score (nSPS) is 13.0. The van der Waals surface area contributed by atoms with Gasteiger partial charge in [-0.3, -0.25) is 24.4 Å². The topological polar surface area (TPSA) is 127 Å². The van der Waals surface area contributed by atoms with Crippen LogP contribution in [0.15, 0.2) is 42.7 Å². The van der Waals surface area contributed by atoms with E-state index >= 15 is 0 Å². The maximum absolute atomic E-state index is 12.1. The van der Waals surface area contributed by atoms with Crippen LogP contribution in [0.1, 0.15) is 18.9 Å². The van der Waals surface area contributed by atoms with E-state index in [0.717, 1.165) is 17.1 Å². The fraction of sp³-hybridized carbons (Fsp3) is 0.312. The van der Waals surface area contributed by atoms with Gasteiger partial charge in [0.15, 0.2) is 0 Å². The molecule has 9 nitrogen and oxygen atoms in total. The lowest BCUT2D eigenvalue weighted by Gasteiger charge is -2.29. The Kier molecular flexibility index (Phi) is 5.48. The molecular formula is C16H18N4O5. The van der Waals surface area contributed by atoms with E-state index in [-0.39, 0.29) is 18.8 Å². The second-order valence-corrected chi connectivity index (χ2v) is 5.54. The molecule has 1 heterocycles. The van der Waals surface area contributed by atoms with Gasteiger partial charge < -0.3 is 10.4 Å². The summed E-state index contributed by atoms with van der Waals surface area (Å²) in [6, 6.07) is 8.69. The van der Waals surface area contributed by atoms with Crippen molar-refractivity contribution in [1.82, 2.24) is 15.1 Å². The highest BCUT2D eigenvalue weighted by Gasteiger charge is 2.38. The summed E-state index contributed by atoms with van der Waals surface area (Å²) in [4.78, 5) is 33.9. The number of amides is 1. The van der Waals surface area contributed by atoms with E-state index in [9.17, 15) is 24.8 Å². The monoisotopic (exact) mass is 346 g/mol. The predicted octanol–water partition coefficient (Wildman–Crippen LogP) is 1.34. The van der Waals surface area contributed by atoms with Crippen molar-refractivity contribution in [2.24, 2.45) is 0 Å². The van der Waals surface area contributed by atoms with E-state index < -0.39 is 22.2 Å². The average molecular weight is 346 g/mol. The lowest BCUT2D eigenvalue weighted by Crippen LogP contribution is -2.47. The number of carboxylic acid groups (broad SMARTS) is 1. The number of carboxylic acids is 1. The van der Waals surface area contributed by atoms with Crippen molar-refractivity contribution < 1.29 is 19.6 Å². The van der Waals surface area contributed by atoms with Crippen molar-refractivity contribution in [2.45, 2.75) is 25.3 Å². The Labute approximate surface area is 143 Å². The van der Waals surface area contributed by atoms with Gasteiger partial charge >= 0.3 is 11.7 Å². The third-order valence-electron chi connectivity index (χ3n) is 4.06. The number of nitrogens with one attached hydrogen (secondary N) is 1. The number of hydrogen-bond acceptors (Lipinski definition) is 5. The summed E-state index contributed by atoms with van der Waals surface area (Å²) >= 11 is 0. The first-order valence-electron chi connectivity index (χ1n) is 7.61. The first-order chi connectivity index (χ1) is 11.9. The van der Waals surface area contributed by atoms with Gasteiger partial charge in [-0.15, -0.1) is 0 Å². The number of rotatable bonds is 8. The van der Waals surface area contributed by atoms with Gasteiger partial charge in [0.25, 0.3) is 0 Å². The van der Waals surface area contributed by atoms with Crippen LogP contribution in [0.2, 0.25) is 0 Å². The molecule has 25 heavy (non-hydrogen) atoms. The third-order valence-corrected chi connectivity index (χ3v) is 4.06. The Morgan fingerprint density at radius 3 is 2.56 bits per heavy atom. The number of carbonyl (C=O) groups is 2. The zero-order valence-corrected chi connectivity index (χ0v) is 13.6. The molecule has 0 aliphatic carbocycles. The molecule has 0 fully saturated rings. The smallest absolute Gasteiger partial charge is 0.315 e. The lowest BCUT2D eigenvalue weighted by molar-refractivity contribution is -0.385. The minimum absolute atomic E-state index is 0.0922. The Bertz CT molecular complexity index is 774. The van der Waals surface area contributed by atoms with Gasteiger partial charge in [0, 0.05) is 6.54 Å². The van der Waals surface area contributed by atoms with Crippen LogP contribution in [-0.4, -0.2) is 38.2 Å². The third kappa shape index (κ3) is 4.00. The second-order valence-electron chi connectivity index (χ2n) is 5.54. The molecule has 1 amide bonds. The van der Waals surface area contributed by atoms with Crippen molar-refractivity contribution in [1.29, 1.82) is 0 Å². The van der Waals surface area contributed by atoms with E-state index in [2.05, 4.69) is 10.4 Å². The van der Waals surface area contributed by atoms with Gasteiger partial charge in [0.05, 0.1) is 4.92 Å². The quantitative estimate of drug-likeness (QED) is 0.548. The standard InChI is InChI=1S/C16H18N4O5/c1-2-16(15(22)23,12-6-4-3-5-7-12)11-17-14(21)10-19-9-13(8-18-19)20(24)25/h3-9H,2,10-11H2,1H3,(H,17,21)(H,22,23). The molecule has 2 aromatic rings. The van der Waals surface area contributed by atoms with Crippen LogP contribution in [0.5, 0.6) is 0 Å². The van der Waals surface area contributed by atoms with Crippen LogP contribution in [0, 0.1) is 10.1 Å². The number of carbonyl (C=O) groups excluding carboxylic acids is 1. The van der Waals surface area contributed by atoms with Gasteiger partial charge in [0.1, 0.15) is 24.4 Å². The van der Waals surface area contributed by atoms with Crippen molar-refractivity contribution in [3.8, 4) is 0 Å². The van der Waals surface area contributed by atoms with Crippen LogP contribution in [0.3, 0.4) is 0 Å². The molecule has 0 spiro atoms. The van der Waals surface area contributed by atoms with Crippen molar-refractivity contribution in [3.63, 3.8) is 0 Å². The van der Waals surface area contributed by atoms with Crippen LogP contribution >= 0.6 is 0 Å². The van der Waals surface area contributed by atoms with E-state index in [1.165, 1.54) is 0 Å². The first-order valence-corrected chi connectivity index (χ1v) is 7.61. The summed E-state index contributed by atoms with van der Waals surface area (Å²) in [5.74, 6) is -1.51. The number of nitrogens with zero attached hydrogens (tertiary/aromatic N) is 3. The zero-order valence-electron chi connectivity index (χ0n) is 13.6. The van der Waals surface area contributed by atoms with Crippen LogP contribution in [-0.2, 0) is 21.5 Å². The SMILES string of the molecule is CCC(CNC(=O)Cn1cc([N+](=O)[O-])cn1)(C(=O)O)c1ccccc1. The molecule has 132 valence electrons. The number of hydrogen-bond donors (Lipinski definition) is 2. The summed E-state index contributed by atoms with van der Waals surface area (Å²) in [6.07, 6.45) is 2.48. The molecule has 9 heteroatoms. The Hall–Kier alpha value is -3.23. The highest BCUT2D eigenvalue weighted by molar-refractivity contribution is 5.83. The van der Waals surface area contributed by atoms with Gasteiger partial charge in [-0.1, -0.05) is 37.3 Å². The molecular weight excluding hydrogens is 328 g/mol. The molecule has 1 atom stereocenters. The Balaban J connectivity index is 2.08. The van der Waals surface area contributed by atoms with Gasteiger partial charge in [-0.2, -0.15) is 5.10 Å². The number of nitro groups is 1. The van der Waals surface area contributed by atoms with Gasteiger partial charge in [-0.25, -0.2) is 0 Å². The van der Waals surface area contributed by atoms with Crippen LogP contribution in [0.25, 0.3) is 0 Å². The highest BCUT2D eigenvalue weighted by atomic mass is 16.6. The maximum Gasteiger partial charge on any atom is 0.315 e. The van der Waals surface area contributed by atoms with Crippen molar-refractivity contribution >= 4 is 17.6 Å². The van der Waals surface area contributed by atoms with Gasteiger partial charge in [0.2, 0.25) is 5.91 Å². The predicted molar refractivity (Wildman–Crippen MR) is 87.9 cm³/mol. The van der Waals surface area contributed by atoms with E-state index in [4.69, 9.17) is 0 Å². The number of aromatic nitrogens is 2. The minimum atomic E-state index is -1.24. The van der Waals surface area contributed by atoms with E-state index in [1.54, 1.807) is 37.3 Å². The fourth-order valence-electron chi connectivity index (χ4n) is 2.52. The Morgan fingerprint density at radius 1 is 1.36 bits per heavy atom. The van der Waals surface area contributed by atoms with Crippen molar-refractivity contribution in [2.75, 3.05) is 6.54 Å². The molecule has 0 radical (unpaired) electrons. The summed E-state index contributed by atoms with van der Waals surface area (Å²) in [5.41, 5.74) is -0.863. The van der Waals surface area contributed by atoms with Crippen molar-refractivity contribution in [3.05, 3.63) is 58.4 Å². The van der Waals surface area contributed by atoms with E-state index in [1.807, 2.05) is 0 Å². The summed E-state index contributed by atoms with van der Waals surface area (Å²) in [6.45, 7) is 1.41. The second kappa shape index (κ2) is 7.56. The number of aliphatic carboxylic acids is 1. The molecule has 0 bridgehead atoms. The summed E-state index contributed by atoms with van der Waals surface area (Å²) in [5, 5.41) is 26.6. The lowest BCUT2D eigenvalue weighted by atomic mass is 9.78. The average Bonchev–Trinajstić information content (AvgIpc) is 3.05. The van der Waals surface area contributed by atoms with Crippen LogP contribution < -0.4 is 5.32 Å². The molecule has 0 aliphatic rings. The fourth-order valence-corrected chi connectivity index (χ4v) is 2.52.